The first-order chi connectivity index (χ1) is 8.56. The third-order valence-electron chi connectivity index (χ3n) is 3.33. The molecule has 0 spiro atoms. The van der Waals surface area contributed by atoms with Gasteiger partial charge in [-0.1, -0.05) is 6.07 Å². The van der Waals surface area contributed by atoms with Crippen LogP contribution in [0, 0.1) is 11.7 Å². The molecule has 1 aromatic carbocycles. The van der Waals surface area contributed by atoms with Crippen LogP contribution in [0.5, 0.6) is 0 Å². The molecule has 0 bridgehead atoms. The maximum absolute atomic E-state index is 13.4. The van der Waals surface area contributed by atoms with Crippen molar-refractivity contribution in [3.63, 3.8) is 0 Å². The van der Waals surface area contributed by atoms with Crippen LogP contribution in [0.15, 0.2) is 22.7 Å². The Morgan fingerprint density at radius 2 is 2.11 bits per heavy atom. The summed E-state index contributed by atoms with van der Waals surface area (Å²) < 4.78 is 13.8. The quantitative estimate of drug-likeness (QED) is 0.932. The van der Waals surface area contributed by atoms with E-state index in [9.17, 15) is 9.18 Å². The third-order valence-corrected chi connectivity index (χ3v) is 3.97. The van der Waals surface area contributed by atoms with Gasteiger partial charge < -0.3 is 5.11 Å². The highest BCUT2D eigenvalue weighted by Crippen LogP contribution is 2.21. The van der Waals surface area contributed by atoms with E-state index < -0.39 is 5.97 Å². The predicted molar refractivity (Wildman–Crippen MR) is 69.7 cm³/mol. The normalized spacial score (nSPS) is 17.9. The number of likely N-dealkylation sites (tertiary alicyclic amines) is 1. The number of aliphatic carboxylic acids is 1. The maximum atomic E-state index is 13.4. The van der Waals surface area contributed by atoms with Gasteiger partial charge in [0.25, 0.3) is 0 Å². The highest BCUT2D eigenvalue weighted by atomic mass is 79.9. The number of nitrogens with zero attached hydrogens (tertiary/aromatic N) is 1. The third kappa shape index (κ3) is 3.29. The molecule has 0 saturated carbocycles. The summed E-state index contributed by atoms with van der Waals surface area (Å²) in [7, 11) is 0. The molecule has 0 unspecified atom stereocenters. The van der Waals surface area contributed by atoms with Crippen LogP contribution in [0.1, 0.15) is 18.4 Å². The van der Waals surface area contributed by atoms with Gasteiger partial charge in [0.2, 0.25) is 0 Å². The van der Waals surface area contributed by atoms with Gasteiger partial charge in [-0.15, -0.1) is 0 Å². The maximum Gasteiger partial charge on any atom is 0.306 e. The Balaban J connectivity index is 1.91. The first kappa shape index (κ1) is 13.5. The van der Waals surface area contributed by atoms with E-state index in [4.69, 9.17) is 5.11 Å². The number of hydrogen-bond acceptors (Lipinski definition) is 2. The van der Waals surface area contributed by atoms with Gasteiger partial charge in [-0.25, -0.2) is 4.39 Å². The van der Waals surface area contributed by atoms with Crippen molar-refractivity contribution in [2.75, 3.05) is 13.1 Å². The van der Waals surface area contributed by atoms with Gasteiger partial charge in [0.15, 0.2) is 0 Å². The highest BCUT2D eigenvalue weighted by Gasteiger charge is 2.24. The fourth-order valence-electron chi connectivity index (χ4n) is 2.23. The van der Waals surface area contributed by atoms with Crippen molar-refractivity contribution in [3.8, 4) is 0 Å². The zero-order valence-electron chi connectivity index (χ0n) is 9.90. The van der Waals surface area contributed by atoms with E-state index in [2.05, 4.69) is 20.8 Å². The van der Waals surface area contributed by atoms with Crippen LogP contribution >= 0.6 is 15.9 Å². The van der Waals surface area contributed by atoms with E-state index in [1.807, 2.05) is 6.07 Å². The zero-order valence-corrected chi connectivity index (χ0v) is 11.5. The summed E-state index contributed by atoms with van der Waals surface area (Å²) in [5.74, 6) is -1.18. The summed E-state index contributed by atoms with van der Waals surface area (Å²) >= 11 is 3.12. The van der Waals surface area contributed by atoms with Crippen LogP contribution < -0.4 is 0 Å². The van der Waals surface area contributed by atoms with Crippen LogP contribution in [-0.4, -0.2) is 29.1 Å². The highest BCUT2D eigenvalue weighted by molar-refractivity contribution is 9.10. The summed E-state index contributed by atoms with van der Waals surface area (Å²) in [6, 6.07) is 5.11. The molecule has 0 aromatic heterocycles. The second kappa shape index (κ2) is 5.80. The predicted octanol–water partition coefficient (Wildman–Crippen LogP) is 2.88. The minimum Gasteiger partial charge on any atom is -0.481 e. The van der Waals surface area contributed by atoms with Crippen molar-refractivity contribution in [1.82, 2.24) is 4.90 Å². The average Bonchev–Trinajstić information content (AvgIpc) is 2.34. The number of halogens is 2. The standard InChI is InChI=1S/C13H15BrFNO2/c14-11-2-1-9(7-12(11)15)8-16-5-3-10(4-6-16)13(17)18/h1-2,7,10H,3-6,8H2,(H,17,18). The average molecular weight is 316 g/mol. The van der Waals surface area contributed by atoms with Crippen molar-refractivity contribution in [2.45, 2.75) is 19.4 Å². The Kier molecular flexibility index (Phi) is 4.35. The summed E-state index contributed by atoms with van der Waals surface area (Å²) in [6.45, 7) is 2.19. The number of rotatable bonds is 3. The minimum absolute atomic E-state index is 0.220. The molecule has 3 nitrogen and oxygen atoms in total. The topological polar surface area (TPSA) is 40.5 Å². The number of carbonyl (C=O) groups is 1. The molecule has 1 fully saturated rings. The van der Waals surface area contributed by atoms with E-state index in [0.717, 1.165) is 18.7 Å². The fourth-order valence-corrected chi connectivity index (χ4v) is 2.48. The Bertz CT molecular complexity index is 445. The molecule has 1 N–H and O–H groups in total. The lowest BCUT2D eigenvalue weighted by Crippen LogP contribution is -2.35. The SMILES string of the molecule is O=C(O)C1CCN(Cc2ccc(Br)c(F)c2)CC1. The Hall–Kier alpha value is -0.940. The Labute approximate surface area is 114 Å². The van der Waals surface area contributed by atoms with Gasteiger partial charge in [0.05, 0.1) is 10.4 Å². The lowest BCUT2D eigenvalue weighted by Gasteiger charge is -2.30. The second-order valence-corrected chi connectivity index (χ2v) is 5.49. The number of benzene rings is 1. The second-order valence-electron chi connectivity index (χ2n) is 4.64. The molecule has 2 rings (SSSR count). The molecular weight excluding hydrogens is 301 g/mol. The summed E-state index contributed by atoms with van der Waals surface area (Å²) in [5, 5.41) is 8.91. The molecule has 0 amide bonds. The van der Waals surface area contributed by atoms with E-state index in [-0.39, 0.29) is 11.7 Å². The molecule has 0 atom stereocenters. The van der Waals surface area contributed by atoms with Crippen LogP contribution in [0.4, 0.5) is 4.39 Å². The van der Waals surface area contributed by atoms with Crippen molar-refractivity contribution in [3.05, 3.63) is 34.1 Å². The van der Waals surface area contributed by atoms with Crippen molar-refractivity contribution >= 4 is 21.9 Å². The molecular formula is C13H15BrFNO2. The van der Waals surface area contributed by atoms with E-state index in [0.29, 0.717) is 23.9 Å². The van der Waals surface area contributed by atoms with E-state index >= 15 is 0 Å². The summed E-state index contributed by atoms with van der Waals surface area (Å²) in [4.78, 5) is 13.0. The van der Waals surface area contributed by atoms with Gasteiger partial charge in [-0.2, -0.15) is 0 Å². The smallest absolute Gasteiger partial charge is 0.306 e. The molecule has 1 aliphatic heterocycles. The first-order valence-corrected chi connectivity index (χ1v) is 6.74. The van der Waals surface area contributed by atoms with Crippen LogP contribution in [-0.2, 0) is 11.3 Å². The van der Waals surface area contributed by atoms with E-state index in [1.165, 1.54) is 6.07 Å². The molecule has 98 valence electrons. The molecule has 18 heavy (non-hydrogen) atoms. The lowest BCUT2D eigenvalue weighted by atomic mass is 9.97. The van der Waals surface area contributed by atoms with Crippen molar-refractivity contribution < 1.29 is 14.3 Å². The summed E-state index contributed by atoms with van der Waals surface area (Å²) in [6.07, 6.45) is 1.35. The summed E-state index contributed by atoms with van der Waals surface area (Å²) in [5.41, 5.74) is 0.921. The van der Waals surface area contributed by atoms with Gasteiger partial charge in [0, 0.05) is 6.54 Å². The molecule has 1 saturated heterocycles. The lowest BCUT2D eigenvalue weighted by molar-refractivity contribution is -0.143. The first-order valence-electron chi connectivity index (χ1n) is 5.95. The number of carboxylic acid groups (broad SMARTS) is 1. The minimum atomic E-state index is -0.704. The van der Waals surface area contributed by atoms with Crippen LogP contribution in [0.2, 0.25) is 0 Å². The van der Waals surface area contributed by atoms with Crippen molar-refractivity contribution in [1.29, 1.82) is 0 Å². The van der Waals surface area contributed by atoms with Gasteiger partial charge in [-0.05, 0) is 59.6 Å². The van der Waals surface area contributed by atoms with E-state index in [1.54, 1.807) is 6.07 Å². The van der Waals surface area contributed by atoms with Crippen molar-refractivity contribution in [2.24, 2.45) is 5.92 Å². The van der Waals surface area contributed by atoms with Gasteiger partial charge >= 0.3 is 5.97 Å². The Morgan fingerprint density at radius 1 is 1.44 bits per heavy atom. The molecule has 1 aliphatic rings. The molecule has 5 heteroatoms. The number of hydrogen-bond donors (Lipinski definition) is 1. The van der Waals surface area contributed by atoms with Crippen LogP contribution in [0.3, 0.4) is 0 Å². The zero-order chi connectivity index (χ0) is 13.1. The molecule has 0 radical (unpaired) electrons. The fraction of sp³-hybridized carbons (Fsp3) is 0.462. The number of carboxylic acids is 1. The monoisotopic (exact) mass is 315 g/mol. The molecule has 1 aromatic rings. The van der Waals surface area contributed by atoms with Crippen LogP contribution in [0.25, 0.3) is 0 Å². The Morgan fingerprint density at radius 3 is 2.67 bits per heavy atom. The van der Waals surface area contributed by atoms with Gasteiger partial charge in [-0.3, -0.25) is 9.69 Å². The largest absolute Gasteiger partial charge is 0.481 e. The number of piperidine rings is 1. The molecule has 0 aliphatic carbocycles. The molecule has 1 heterocycles. The van der Waals surface area contributed by atoms with Gasteiger partial charge in [0.1, 0.15) is 5.82 Å².